The molecule has 2 saturated heterocycles. The fourth-order valence-electron chi connectivity index (χ4n) is 2.84. The molecule has 2 unspecified atom stereocenters. The van der Waals surface area contributed by atoms with Gasteiger partial charge >= 0.3 is 12.0 Å². The SMILES string of the molecule is CC1CN2CCCC2CN1C(=O)NC[C@H](O)C(=O)O. The van der Waals surface area contributed by atoms with Gasteiger partial charge in [0.2, 0.25) is 0 Å². The maximum absolute atomic E-state index is 12.0. The number of carbonyl (C=O) groups excluding carboxylic acids is 1. The molecule has 7 nitrogen and oxygen atoms in total. The van der Waals surface area contributed by atoms with Crippen LogP contribution in [0.5, 0.6) is 0 Å². The molecule has 2 heterocycles. The van der Waals surface area contributed by atoms with E-state index in [1.165, 1.54) is 6.42 Å². The molecular formula is C12H21N3O4. The minimum Gasteiger partial charge on any atom is -0.479 e. The molecule has 0 spiro atoms. The molecule has 7 heteroatoms. The zero-order chi connectivity index (χ0) is 14.0. The largest absolute Gasteiger partial charge is 0.479 e. The molecule has 2 fully saturated rings. The topological polar surface area (TPSA) is 93.1 Å². The zero-order valence-electron chi connectivity index (χ0n) is 11.1. The summed E-state index contributed by atoms with van der Waals surface area (Å²) >= 11 is 0. The van der Waals surface area contributed by atoms with Crippen LogP contribution in [0.1, 0.15) is 19.8 Å². The van der Waals surface area contributed by atoms with Gasteiger partial charge in [-0.25, -0.2) is 9.59 Å². The van der Waals surface area contributed by atoms with Crippen LogP contribution in [0.3, 0.4) is 0 Å². The average Bonchev–Trinajstić information content (AvgIpc) is 2.81. The maximum atomic E-state index is 12.0. The van der Waals surface area contributed by atoms with E-state index in [0.29, 0.717) is 12.6 Å². The van der Waals surface area contributed by atoms with Crippen LogP contribution in [-0.4, -0.2) is 76.4 Å². The molecule has 2 aliphatic rings. The third kappa shape index (κ3) is 3.16. The number of amides is 2. The molecule has 0 aliphatic carbocycles. The number of aliphatic hydroxyl groups is 1. The average molecular weight is 271 g/mol. The van der Waals surface area contributed by atoms with Gasteiger partial charge in [-0.3, -0.25) is 4.90 Å². The number of carboxylic acid groups (broad SMARTS) is 1. The van der Waals surface area contributed by atoms with Crippen molar-refractivity contribution in [2.24, 2.45) is 0 Å². The molecule has 3 atom stereocenters. The fourth-order valence-corrected chi connectivity index (χ4v) is 2.84. The summed E-state index contributed by atoms with van der Waals surface area (Å²) in [5.41, 5.74) is 0. The van der Waals surface area contributed by atoms with Gasteiger partial charge in [0.15, 0.2) is 6.10 Å². The Morgan fingerprint density at radius 1 is 1.42 bits per heavy atom. The lowest BCUT2D eigenvalue weighted by Crippen LogP contribution is -2.59. The Balaban J connectivity index is 1.86. The lowest BCUT2D eigenvalue weighted by Gasteiger charge is -2.42. The third-order valence-corrected chi connectivity index (χ3v) is 3.93. The third-order valence-electron chi connectivity index (χ3n) is 3.93. The molecular weight excluding hydrogens is 250 g/mol. The lowest BCUT2D eigenvalue weighted by molar-refractivity contribution is -0.146. The predicted octanol–water partition coefficient (Wildman–Crippen LogP) is -0.690. The number of carboxylic acids is 1. The Hall–Kier alpha value is -1.34. The van der Waals surface area contributed by atoms with E-state index in [4.69, 9.17) is 10.2 Å². The van der Waals surface area contributed by atoms with Crippen molar-refractivity contribution in [2.75, 3.05) is 26.2 Å². The van der Waals surface area contributed by atoms with Crippen molar-refractivity contribution in [2.45, 2.75) is 38.0 Å². The highest BCUT2D eigenvalue weighted by Crippen LogP contribution is 2.24. The van der Waals surface area contributed by atoms with Gasteiger partial charge in [0, 0.05) is 25.2 Å². The highest BCUT2D eigenvalue weighted by Gasteiger charge is 2.36. The van der Waals surface area contributed by atoms with E-state index in [2.05, 4.69) is 10.2 Å². The summed E-state index contributed by atoms with van der Waals surface area (Å²) in [5, 5.41) is 20.2. The molecule has 0 radical (unpaired) electrons. The van der Waals surface area contributed by atoms with Gasteiger partial charge in [0.1, 0.15) is 0 Å². The Bertz CT molecular complexity index is 363. The molecule has 0 saturated carbocycles. The summed E-state index contributed by atoms with van der Waals surface area (Å²) in [7, 11) is 0. The molecule has 2 aliphatic heterocycles. The van der Waals surface area contributed by atoms with Crippen LogP contribution in [0.4, 0.5) is 4.79 Å². The van der Waals surface area contributed by atoms with Crippen LogP contribution >= 0.6 is 0 Å². The molecule has 19 heavy (non-hydrogen) atoms. The van der Waals surface area contributed by atoms with E-state index in [1.807, 2.05) is 6.92 Å². The first-order valence-corrected chi connectivity index (χ1v) is 6.68. The number of fused-ring (bicyclic) bond motifs is 1. The van der Waals surface area contributed by atoms with Gasteiger partial charge in [-0.15, -0.1) is 0 Å². The van der Waals surface area contributed by atoms with Gasteiger partial charge in [-0.1, -0.05) is 0 Å². The summed E-state index contributed by atoms with van der Waals surface area (Å²) in [4.78, 5) is 26.6. The summed E-state index contributed by atoms with van der Waals surface area (Å²) in [6.45, 7) is 4.37. The van der Waals surface area contributed by atoms with Gasteiger partial charge in [0.25, 0.3) is 0 Å². The summed E-state index contributed by atoms with van der Waals surface area (Å²) < 4.78 is 0. The lowest BCUT2D eigenvalue weighted by atomic mass is 10.1. The van der Waals surface area contributed by atoms with Crippen molar-refractivity contribution in [1.29, 1.82) is 0 Å². The predicted molar refractivity (Wildman–Crippen MR) is 67.8 cm³/mol. The van der Waals surface area contributed by atoms with Gasteiger partial charge in [-0.05, 0) is 26.3 Å². The van der Waals surface area contributed by atoms with Crippen LogP contribution < -0.4 is 5.32 Å². The van der Waals surface area contributed by atoms with Crippen LogP contribution in [0.25, 0.3) is 0 Å². The fraction of sp³-hybridized carbons (Fsp3) is 0.833. The van der Waals surface area contributed by atoms with Crippen molar-refractivity contribution in [3.8, 4) is 0 Å². The Morgan fingerprint density at radius 2 is 2.16 bits per heavy atom. The van der Waals surface area contributed by atoms with E-state index in [1.54, 1.807) is 4.90 Å². The van der Waals surface area contributed by atoms with Crippen LogP contribution in [0.15, 0.2) is 0 Å². The van der Waals surface area contributed by atoms with Crippen LogP contribution in [0, 0.1) is 0 Å². The first-order valence-electron chi connectivity index (χ1n) is 6.68. The van der Waals surface area contributed by atoms with E-state index in [9.17, 15) is 9.59 Å². The maximum Gasteiger partial charge on any atom is 0.334 e. The van der Waals surface area contributed by atoms with E-state index >= 15 is 0 Å². The standard InChI is InChI=1S/C12H21N3O4/c1-8-6-14-4-2-3-9(14)7-15(8)12(19)13-5-10(16)11(17)18/h8-10,16H,2-7H2,1H3,(H,13,19)(H,17,18)/t8?,9?,10-/m0/s1. The van der Waals surface area contributed by atoms with E-state index < -0.39 is 12.1 Å². The molecule has 0 aromatic rings. The number of nitrogens with one attached hydrogen (secondary N) is 1. The van der Waals surface area contributed by atoms with Crippen molar-refractivity contribution in [1.82, 2.24) is 15.1 Å². The summed E-state index contributed by atoms with van der Waals surface area (Å²) in [6, 6.07) is 0.238. The molecule has 0 bridgehead atoms. The number of nitrogens with zero attached hydrogens (tertiary/aromatic N) is 2. The normalized spacial score (nSPS) is 28.8. The number of hydrogen-bond acceptors (Lipinski definition) is 4. The van der Waals surface area contributed by atoms with Crippen molar-refractivity contribution in [3.63, 3.8) is 0 Å². The smallest absolute Gasteiger partial charge is 0.334 e. The summed E-state index contributed by atoms with van der Waals surface area (Å²) in [5.74, 6) is -1.33. The first-order chi connectivity index (χ1) is 8.99. The summed E-state index contributed by atoms with van der Waals surface area (Å²) in [6.07, 6.45) is 0.728. The molecule has 2 rings (SSSR count). The quantitative estimate of drug-likeness (QED) is 0.632. The van der Waals surface area contributed by atoms with E-state index in [-0.39, 0.29) is 18.6 Å². The Kier molecular flexibility index (Phi) is 4.26. The number of rotatable bonds is 3. The van der Waals surface area contributed by atoms with E-state index in [0.717, 1.165) is 19.5 Å². The number of aliphatic carboxylic acids is 1. The minimum absolute atomic E-state index is 0.108. The van der Waals surface area contributed by atoms with Crippen molar-refractivity contribution < 1.29 is 19.8 Å². The highest BCUT2D eigenvalue weighted by atomic mass is 16.4. The Labute approximate surface area is 112 Å². The second-order valence-electron chi connectivity index (χ2n) is 5.33. The van der Waals surface area contributed by atoms with Crippen LogP contribution in [-0.2, 0) is 4.79 Å². The monoisotopic (exact) mass is 271 g/mol. The number of piperazine rings is 1. The number of carbonyl (C=O) groups is 2. The molecule has 0 aromatic carbocycles. The second kappa shape index (κ2) is 5.75. The molecule has 108 valence electrons. The number of hydrogen-bond donors (Lipinski definition) is 3. The van der Waals surface area contributed by atoms with Crippen molar-refractivity contribution in [3.05, 3.63) is 0 Å². The number of urea groups is 1. The molecule has 0 aromatic heterocycles. The zero-order valence-corrected chi connectivity index (χ0v) is 11.1. The second-order valence-corrected chi connectivity index (χ2v) is 5.33. The number of aliphatic hydroxyl groups excluding tert-OH is 1. The van der Waals surface area contributed by atoms with Crippen molar-refractivity contribution >= 4 is 12.0 Å². The highest BCUT2D eigenvalue weighted by molar-refractivity contribution is 5.77. The minimum atomic E-state index is -1.55. The first kappa shape index (κ1) is 14.1. The molecule has 3 N–H and O–H groups in total. The van der Waals surface area contributed by atoms with Gasteiger partial charge < -0.3 is 20.4 Å². The molecule has 2 amide bonds. The van der Waals surface area contributed by atoms with Crippen LogP contribution in [0.2, 0.25) is 0 Å². The Morgan fingerprint density at radius 3 is 2.84 bits per heavy atom. The van der Waals surface area contributed by atoms with Gasteiger partial charge in [-0.2, -0.15) is 0 Å². The van der Waals surface area contributed by atoms with Gasteiger partial charge in [0.05, 0.1) is 6.54 Å².